The molecule has 0 atom stereocenters. The molecule has 0 saturated heterocycles. The molecule has 0 aliphatic carbocycles. The third-order valence-corrected chi connectivity index (χ3v) is 2.99. The highest BCUT2D eigenvalue weighted by Gasteiger charge is 2.04. The predicted molar refractivity (Wildman–Crippen MR) is 69.8 cm³/mol. The zero-order chi connectivity index (χ0) is 11.8. The first-order valence-corrected chi connectivity index (χ1v) is 5.54. The van der Waals surface area contributed by atoms with Crippen LogP contribution in [0.1, 0.15) is 5.56 Å². The molecule has 0 fully saturated rings. The van der Waals surface area contributed by atoms with E-state index in [4.69, 9.17) is 5.73 Å². The van der Waals surface area contributed by atoms with Gasteiger partial charge in [0.2, 0.25) is 0 Å². The minimum Gasteiger partial charge on any atom is -0.399 e. The number of nitrogen functional groups attached to an aromatic ring is 1. The summed E-state index contributed by atoms with van der Waals surface area (Å²) in [4.78, 5) is 4.28. The van der Waals surface area contributed by atoms with E-state index in [0.717, 1.165) is 28.2 Å². The van der Waals surface area contributed by atoms with Crippen LogP contribution in [0.15, 0.2) is 48.8 Å². The first kappa shape index (κ1) is 9.90. The monoisotopic (exact) mass is 223 g/mol. The van der Waals surface area contributed by atoms with Crippen LogP contribution < -0.4 is 5.73 Å². The normalized spacial score (nSPS) is 10.9. The quantitative estimate of drug-likeness (QED) is 0.644. The summed E-state index contributed by atoms with van der Waals surface area (Å²) in [6, 6.07) is 12.2. The van der Waals surface area contributed by atoms with Gasteiger partial charge < -0.3 is 5.73 Å². The van der Waals surface area contributed by atoms with Crippen LogP contribution in [0, 0.1) is 6.92 Å². The number of nitrogens with two attached hydrogens (primary N) is 1. The van der Waals surface area contributed by atoms with Gasteiger partial charge in [0.15, 0.2) is 0 Å². The molecule has 3 aromatic rings. The third kappa shape index (κ3) is 1.56. The number of fused-ring (bicyclic) bond motifs is 1. The van der Waals surface area contributed by atoms with Crippen LogP contribution in [-0.4, -0.2) is 9.38 Å². The smallest absolute Gasteiger partial charge is 0.137 e. The summed E-state index contributed by atoms with van der Waals surface area (Å²) in [5.41, 5.74) is 11.0. The predicted octanol–water partition coefficient (Wildman–Crippen LogP) is 2.89. The zero-order valence-electron chi connectivity index (χ0n) is 9.59. The summed E-state index contributed by atoms with van der Waals surface area (Å²) >= 11 is 0. The molecular weight excluding hydrogens is 210 g/mol. The lowest BCUT2D eigenvalue weighted by Crippen LogP contribution is -1.93. The summed E-state index contributed by atoms with van der Waals surface area (Å²) < 4.78 is 2.07. The number of hydrogen-bond acceptors (Lipinski definition) is 2. The fraction of sp³-hybridized carbons (Fsp3) is 0.0714. The Morgan fingerprint density at radius 1 is 1.18 bits per heavy atom. The van der Waals surface area contributed by atoms with E-state index in [1.807, 2.05) is 43.6 Å². The molecule has 0 aliphatic heterocycles. The minimum atomic E-state index is 0.826. The molecule has 0 unspecified atom stereocenters. The number of imidazole rings is 1. The SMILES string of the molecule is Cc1cc(-c2cccc3nccn23)ccc1N. The van der Waals surface area contributed by atoms with E-state index in [-0.39, 0.29) is 0 Å². The maximum absolute atomic E-state index is 5.84. The number of benzene rings is 1. The van der Waals surface area contributed by atoms with E-state index in [1.54, 1.807) is 0 Å². The van der Waals surface area contributed by atoms with Gasteiger partial charge in [-0.25, -0.2) is 4.98 Å². The average Bonchev–Trinajstić information content (AvgIpc) is 2.80. The lowest BCUT2D eigenvalue weighted by molar-refractivity contribution is 1.19. The Labute approximate surface area is 99.5 Å². The molecular formula is C14H13N3. The fourth-order valence-electron chi connectivity index (χ4n) is 2.02. The largest absolute Gasteiger partial charge is 0.399 e. The van der Waals surface area contributed by atoms with Crippen LogP contribution in [0.5, 0.6) is 0 Å². The highest BCUT2D eigenvalue weighted by molar-refractivity contribution is 5.67. The van der Waals surface area contributed by atoms with Gasteiger partial charge in [0.05, 0.1) is 5.69 Å². The van der Waals surface area contributed by atoms with Crippen LogP contribution in [0.3, 0.4) is 0 Å². The Bertz CT molecular complexity index is 683. The number of aromatic nitrogens is 2. The zero-order valence-corrected chi connectivity index (χ0v) is 9.59. The van der Waals surface area contributed by atoms with Gasteiger partial charge in [-0.15, -0.1) is 0 Å². The van der Waals surface area contributed by atoms with Gasteiger partial charge in [-0.05, 0) is 42.3 Å². The fourth-order valence-corrected chi connectivity index (χ4v) is 2.02. The average molecular weight is 223 g/mol. The molecule has 17 heavy (non-hydrogen) atoms. The van der Waals surface area contributed by atoms with E-state index in [1.165, 1.54) is 0 Å². The highest BCUT2D eigenvalue weighted by Crippen LogP contribution is 2.23. The first-order chi connectivity index (χ1) is 8.25. The van der Waals surface area contributed by atoms with E-state index in [0.29, 0.717) is 0 Å². The van der Waals surface area contributed by atoms with Gasteiger partial charge in [-0.3, -0.25) is 4.40 Å². The van der Waals surface area contributed by atoms with Gasteiger partial charge in [0.1, 0.15) is 5.65 Å². The molecule has 0 aliphatic rings. The molecule has 0 spiro atoms. The second-order valence-electron chi connectivity index (χ2n) is 4.14. The Morgan fingerprint density at radius 3 is 2.88 bits per heavy atom. The van der Waals surface area contributed by atoms with Crippen molar-refractivity contribution in [3.8, 4) is 11.3 Å². The Kier molecular flexibility index (Phi) is 2.11. The number of rotatable bonds is 1. The van der Waals surface area contributed by atoms with Crippen molar-refractivity contribution in [2.75, 3.05) is 5.73 Å². The van der Waals surface area contributed by atoms with Gasteiger partial charge >= 0.3 is 0 Å². The Morgan fingerprint density at radius 2 is 2.06 bits per heavy atom. The number of pyridine rings is 1. The number of anilines is 1. The second-order valence-corrected chi connectivity index (χ2v) is 4.14. The van der Waals surface area contributed by atoms with Gasteiger partial charge in [-0.1, -0.05) is 12.1 Å². The van der Waals surface area contributed by atoms with Crippen molar-refractivity contribution in [3.63, 3.8) is 0 Å². The van der Waals surface area contributed by atoms with Crippen molar-refractivity contribution in [1.82, 2.24) is 9.38 Å². The maximum Gasteiger partial charge on any atom is 0.137 e. The van der Waals surface area contributed by atoms with Crippen molar-refractivity contribution in [2.45, 2.75) is 6.92 Å². The van der Waals surface area contributed by atoms with E-state index >= 15 is 0 Å². The van der Waals surface area contributed by atoms with E-state index in [9.17, 15) is 0 Å². The number of hydrogen-bond donors (Lipinski definition) is 1. The standard InChI is InChI=1S/C14H13N3/c1-10-9-11(5-6-12(10)15)13-3-2-4-14-16-7-8-17(13)14/h2-9H,15H2,1H3. The van der Waals surface area contributed by atoms with Crippen molar-refractivity contribution < 1.29 is 0 Å². The summed E-state index contributed by atoms with van der Waals surface area (Å²) in [5, 5.41) is 0. The summed E-state index contributed by atoms with van der Waals surface area (Å²) in [6.07, 6.45) is 3.78. The molecule has 2 N–H and O–H groups in total. The summed E-state index contributed by atoms with van der Waals surface area (Å²) in [7, 11) is 0. The molecule has 2 aromatic heterocycles. The van der Waals surface area contributed by atoms with Gasteiger partial charge in [0, 0.05) is 18.1 Å². The molecule has 3 rings (SSSR count). The minimum absolute atomic E-state index is 0.826. The topological polar surface area (TPSA) is 43.3 Å². The third-order valence-electron chi connectivity index (χ3n) is 2.99. The van der Waals surface area contributed by atoms with Crippen molar-refractivity contribution in [1.29, 1.82) is 0 Å². The molecule has 84 valence electrons. The van der Waals surface area contributed by atoms with E-state index < -0.39 is 0 Å². The van der Waals surface area contributed by atoms with Crippen molar-refractivity contribution >= 4 is 11.3 Å². The second kappa shape index (κ2) is 3.63. The van der Waals surface area contributed by atoms with Crippen molar-refractivity contribution in [2.24, 2.45) is 0 Å². The highest BCUT2D eigenvalue weighted by atomic mass is 15.0. The molecule has 1 aromatic carbocycles. The van der Waals surface area contributed by atoms with Gasteiger partial charge in [-0.2, -0.15) is 0 Å². The Hall–Kier alpha value is -2.29. The lowest BCUT2D eigenvalue weighted by atomic mass is 10.1. The maximum atomic E-state index is 5.84. The number of aryl methyl sites for hydroxylation is 1. The van der Waals surface area contributed by atoms with Crippen LogP contribution >= 0.6 is 0 Å². The lowest BCUT2D eigenvalue weighted by Gasteiger charge is -2.07. The molecule has 0 amide bonds. The molecule has 3 nitrogen and oxygen atoms in total. The number of nitrogens with zero attached hydrogens (tertiary/aromatic N) is 2. The molecule has 2 heterocycles. The first-order valence-electron chi connectivity index (χ1n) is 5.54. The summed E-state index contributed by atoms with van der Waals surface area (Å²) in [6.45, 7) is 2.02. The molecule has 0 bridgehead atoms. The summed E-state index contributed by atoms with van der Waals surface area (Å²) in [5.74, 6) is 0. The van der Waals surface area contributed by atoms with Crippen LogP contribution in [0.25, 0.3) is 16.9 Å². The van der Waals surface area contributed by atoms with Gasteiger partial charge in [0.25, 0.3) is 0 Å². The van der Waals surface area contributed by atoms with Crippen LogP contribution in [-0.2, 0) is 0 Å². The van der Waals surface area contributed by atoms with E-state index in [2.05, 4.69) is 21.5 Å². The van der Waals surface area contributed by atoms with Crippen molar-refractivity contribution in [3.05, 3.63) is 54.4 Å². The van der Waals surface area contributed by atoms with Crippen LogP contribution in [0.2, 0.25) is 0 Å². The molecule has 0 saturated carbocycles. The Balaban J connectivity index is 2.26. The molecule has 0 radical (unpaired) electrons. The van der Waals surface area contributed by atoms with Crippen LogP contribution in [0.4, 0.5) is 5.69 Å². The molecule has 3 heteroatoms.